The number of hydrogen-bond donors (Lipinski definition) is 1. The molecule has 0 spiro atoms. The van der Waals surface area contributed by atoms with E-state index in [1.54, 1.807) is 0 Å². The van der Waals surface area contributed by atoms with Crippen LogP contribution in [0, 0.1) is 5.92 Å². The lowest BCUT2D eigenvalue weighted by atomic mass is 9.86. The van der Waals surface area contributed by atoms with E-state index in [1.165, 1.54) is 25.7 Å². The first-order valence-corrected chi connectivity index (χ1v) is 8.01. The molecule has 19 heavy (non-hydrogen) atoms. The van der Waals surface area contributed by atoms with Crippen LogP contribution in [0.1, 0.15) is 38.2 Å². The maximum atomic E-state index is 5.86. The predicted octanol–water partition coefficient (Wildman–Crippen LogP) is 4.10. The zero-order valence-electron chi connectivity index (χ0n) is 11.5. The maximum absolute atomic E-state index is 5.86. The van der Waals surface area contributed by atoms with Gasteiger partial charge in [-0.05, 0) is 49.8 Å². The Kier molecular flexibility index (Phi) is 4.85. The van der Waals surface area contributed by atoms with Crippen molar-refractivity contribution in [3.8, 4) is 0 Å². The van der Waals surface area contributed by atoms with E-state index in [0.717, 1.165) is 21.6 Å². The van der Waals surface area contributed by atoms with Crippen molar-refractivity contribution < 1.29 is 0 Å². The second-order valence-corrected chi connectivity index (χ2v) is 6.91. The molecular formula is C15H21BrN2S. The summed E-state index contributed by atoms with van der Waals surface area (Å²) in [4.78, 5) is 2.82. The molecule has 1 aliphatic carbocycles. The van der Waals surface area contributed by atoms with E-state index in [0.29, 0.717) is 11.0 Å². The van der Waals surface area contributed by atoms with Gasteiger partial charge >= 0.3 is 0 Å². The van der Waals surface area contributed by atoms with Gasteiger partial charge in [0.25, 0.3) is 0 Å². The van der Waals surface area contributed by atoms with Crippen molar-refractivity contribution in [3.05, 3.63) is 28.2 Å². The van der Waals surface area contributed by atoms with Crippen LogP contribution in [0.3, 0.4) is 0 Å². The lowest BCUT2D eigenvalue weighted by molar-refractivity contribution is 0.340. The highest BCUT2D eigenvalue weighted by molar-refractivity contribution is 9.10. The highest BCUT2D eigenvalue weighted by atomic mass is 79.9. The molecule has 0 aliphatic heterocycles. The Bertz CT molecular complexity index is 467. The van der Waals surface area contributed by atoms with Crippen LogP contribution in [0.25, 0.3) is 0 Å². The molecule has 1 aromatic rings. The summed E-state index contributed by atoms with van der Waals surface area (Å²) in [6.45, 7) is 2.34. The van der Waals surface area contributed by atoms with E-state index in [9.17, 15) is 0 Å². The van der Waals surface area contributed by atoms with Gasteiger partial charge in [0.2, 0.25) is 0 Å². The number of thiocarbonyl (C=S) groups is 1. The molecule has 1 saturated carbocycles. The van der Waals surface area contributed by atoms with Crippen LogP contribution in [0.15, 0.2) is 22.7 Å². The molecular weight excluding hydrogens is 320 g/mol. The third-order valence-corrected chi connectivity index (χ3v) is 4.85. The van der Waals surface area contributed by atoms with Gasteiger partial charge in [-0.3, -0.25) is 0 Å². The van der Waals surface area contributed by atoms with Crippen LogP contribution in [0.4, 0.5) is 5.69 Å². The first kappa shape index (κ1) is 14.8. The number of nitrogens with zero attached hydrogens (tertiary/aromatic N) is 1. The minimum Gasteiger partial charge on any atom is -0.389 e. The fourth-order valence-electron chi connectivity index (χ4n) is 2.84. The largest absolute Gasteiger partial charge is 0.389 e. The van der Waals surface area contributed by atoms with Gasteiger partial charge in [0, 0.05) is 28.8 Å². The zero-order chi connectivity index (χ0) is 14.0. The molecule has 4 heteroatoms. The molecule has 0 aromatic heterocycles. The molecule has 2 N–H and O–H groups in total. The molecule has 2 rings (SSSR count). The number of nitrogens with two attached hydrogens (primary N) is 1. The first-order chi connectivity index (χ1) is 8.99. The maximum Gasteiger partial charge on any atom is 0.106 e. The first-order valence-electron chi connectivity index (χ1n) is 6.81. The van der Waals surface area contributed by atoms with Gasteiger partial charge < -0.3 is 10.6 Å². The van der Waals surface area contributed by atoms with Gasteiger partial charge in [-0.1, -0.05) is 35.1 Å². The molecule has 104 valence electrons. The fourth-order valence-corrected chi connectivity index (χ4v) is 3.36. The van der Waals surface area contributed by atoms with Gasteiger partial charge in [0.15, 0.2) is 0 Å². The Morgan fingerprint density at radius 2 is 1.95 bits per heavy atom. The van der Waals surface area contributed by atoms with Crippen molar-refractivity contribution in [1.82, 2.24) is 0 Å². The quantitative estimate of drug-likeness (QED) is 0.840. The smallest absolute Gasteiger partial charge is 0.106 e. The Labute approximate surface area is 129 Å². The molecule has 0 atom stereocenters. The molecule has 1 aromatic carbocycles. The summed E-state index contributed by atoms with van der Waals surface area (Å²) in [5.41, 5.74) is 7.97. The topological polar surface area (TPSA) is 29.3 Å². The SMILES string of the molecule is CC1CCC(N(C)c2ccc(Br)cc2C(N)=S)CC1. The van der Waals surface area contributed by atoms with Gasteiger partial charge in [-0.2, -0.15) is 0 Å². The van der Waals surface area contributed by atoms with Crippen LogP contribution in [0.2, 0.25) is 0 Å². The summed E-state index contributed by atoms with van der Waals surface area (Å²) in [5.74, 6) is 0.865. The van der Waals surface area contributed by atoms with E-state index in [2.05, 4.69) is 46.9 Å². The van der Waals surface area contributed by atoms with Crippen molar-refractivity contribution in [2.45, 2.75) is 38.6 Å². The molecule has 0 unspecified atom stereocenters. The summed E-state index contributed by atoms with van der Waals surface area (Å²) in [6.07, 6.45) is 5.14. The number of anilines is 1. The molecule has 1 fully saturated rings. The van der Waals surface area contributed by atoms with Crippen LogP contribution in [0.5, 0.6) is 0 Å². The third-order valence-electron chi connectivity index (χ3n) is 4.14. The number of halogens is 1. The minimum atomic E-state index is 0.465. The third kappa shape index (κ3) is 3.48. The zero-order valence-corrected chi connectivity index (χ0v) is 13.9. The Balaban J connectivity index is 2.23. The van der Waals surface area contributed by atoms with Crippen LogP contribution >= 0.6 is 28.1 Å². The Morgan fingerprint density at radius 3 is 2.53 bits per heavy atom. The second-order valence-electron chi connectivity index (χ2n) is 5.55. The Hall–Kier alpha value is -0.610. The molecule has 1 aliphatic rings. The average Bonchev–Trinajstić information content (AvgIpc) is 2.38. The monoisotopic (exact) mass is 340 g/mol. The summed E-state index contributed by atoms with van der Waals surface area (Å²) in [6, 6.07) is 6.78. The highest BCUT2D eigenvalue weighted by Gasteiger charge is 2.23. The number of benzene rings is 1. The van der Waals surface area contributed by atoms with Gasteiger partial charge in [-0.25, -0.2) is 0 Å². The van der Waals surface area contributed by atoms with E-state index in [-0.39, 0.29) is 0 Å². The van der Waals surface area contributed by atoms with Crippen molar-refractivity contribution >= 4 is 38.8 Å². The molecule has 0 heterocycles. The van der Waals surface area contributed by atoms with Crippen LogP contribution < -0.4 is 10.6 Å². The average molecular weight is 341 g/mol. The van der Waals surface area contributed by atoms with Gasteiger partial charge in [-0.15, -0.1) is 0 Å². The fraction of sp³-hybridized carbons (Fsp3) is 0.533. The second kappa shape index (κ2) is 6.23. The van der Waals surface area contributed by atoms with E-state index in [4.69, 9.17) is 18.0 Å². The Morgan fingerprint density at radius 1 is 1.32 bits per heavy atom. The van der Waals surface area contributed by atoms with Crippen molar-refractivity contribution in [2.24, 2.45) is 11.7 Å². The molecule has 0 bridgehead atoms. The summed E-state index contributed by atoms with van der Waals surface area (Å²) in [5, 5.41) is 0. The van der Waals surface area contributed by atoms with Gasteiger partial charge in [0.05, 0.1) is 0 Å². The summed E-state index contributed by atoms with van der Waals surface area (Å²) in [7, 11) is 2.16. The van der Waals surface area contributed by atoms with Gasteiger partial charge in [0.1, 0.15) is 4.99 Å². The molecule has 0 amide bonds. The minimum absolute atomic E-state index is 0.465. The normalized spacial score (nSPS) is 23.1. The van der Waals surface area contributed by atoms with Crippen molar-refractivity contribution in [2.75, 3.05) is 11.9 Å². The molecule has 0 radical (unpaired) electrons. The summed E-state index contributed by atoms with van der Waals surface area (Å²) < 4.78 is 1.02. The van der Waals surface area contributed by atoms with Crippen molar-refractivity contribution in [1.29, 1.82) is 0 Å². The van der Waals surface area contributed by atoms with Crippen LogP contribution in [-0.4, -0.2) is 18.1 Å². The number of hydrogen-bond acceptors (Lipinski definition) is 2. The highest BCUT2D eigenvalue weighted by Crippen LogP contribution is 2.32. The lowest BCUT2D eigenvalue weighted by Crippen LogP contribution is -2.36. The van der Waals surface area contributed by atoms with Crippen molar-refractivity contribution in [3.63, 3.8) is 0 Å². The predicted molar refractivity (Wildman–Crippen MR) is 89.9 cm³/mol. The number of rotatable bonds is 3. The van der Waals surface area contributed by atoms with E-state index in [1.807, 2.05) is 6.07 Å². The van der Waals surface area contributed by atoms with E-state index < -0.39 is 0 Å². The summed E-state index contributed by atoms with van der Waals surface area (Å²) >= 11 is 8.66. The standard InChI is InChI=1S/C15H21BrN2S/c1-10-3-6-12(7-4-10)18(2)14-8-5-11(16)9-13(14)15(17)19/h5,8-10,12H,3-4,6-7H2,1-2H3,(H2,17,19). The van der Waals surface area contributed by atoms with Crippen LogP contribution in [-0.2, 0) is 0 Å². The molecule has 0 saturated heterocycles. The molecule has 2 nitrogen and oxygen atoms in total. The van der Waals surface area contributed by atoms with E-state index >= 15 is 0 Å². The lowest BCUT2D eigenvalue weighted by Gasteiger charge is -2.36.